The number of hydrogen-bond donors (Lipinski definition) is 10. The summed E-state index contributed by atoms with van der Waals surface area (Å²) in [5.41, 5.74) is 7.38. The molecular formula is C39H45N5O13. The molecule has 57 heavy (non-hydrogen) atoms. The van der Waals surface area contributed by atoms with Crippen LogP contribution < -0.4 is 36.1 Å². The molecule has 0 saturated carbocycles. The van der Waals surface area contributed by atoms with Crippen LogP contribution in [0.1, 0.15) is 68.2 Å². The number of anilines is 1. The van der Waals surface area contributed by atoms with Crippen LogP contribution in [-0.2, 0) is 14.3 Å². The van der Waals surface area contributed by atoms with Crippen LogP contribution in [0.5, 0.6) is 11.5 Å². The summed E-state index contributed by atoms with van der Waals surface area (Å²) in [7, 11) is 0. The third-order valence-corrected chi connectivity index (χ3v) is 10.7. The smallest absolute Gasteiger partial charge is 0.242 e. The highest BCUT2D eigenvalue weighted by Crippen LogP contribution is 2.49. The van der Waals surface area contributed by atoms with Crippen molar-refractivity contribution in [2.24, 2.45) is 5.73 Å². The number of carbonyl (C=O) groups excluding carboxylic acids is 4. The maximum Gasteiger partial charge on any atom is 0.242 e. The number of amides is 1. The Kier molecular flexibility index (Phi) is 12.0. The lowest BCUT2D eigenvalue weighted by Crippen LogP contribution is -2.70. The van der Waals surface area contributed by atoms with Gasteiger partial charge in [-0.05, 0) is 30.5 Å². The molecule has 7 rings (SSSR count). The third kappa shape index (κ3) is 7.52. The molecule has 1 aliphatic carbocycles. The molecule has 0 radical (unpaired) electrons. The minimum atomic E-state index is -1.92. The van der Waals surface area contributed by atoms with Gasteiger partial charge < -0.3 is 59.9 Å². The minimum Gasteiger partial charge on any atom is -0.486 e. The molecule has 11 N–H and O–H groups in total. The van der Waals surface area contributed by atoms with Gasteiger partial charge in [-0.15, -0.1) is 0 Å². The van der Waals surface area contributed by atoms with E-state index in [0.29, 0.717) is 17.5 Å². The number of ketones is 2. The second-order valence-electron chi connectivity index (χ2n) is 14.3. The molecule has 3 aromatic carbocycles. The fraction of sp³-hybridized carbons (Fsp3) is 0.436. The number of carbonyl (C=O) groups is 4. The highest BCUT2D eigenvalue weighted by molar-refractivity contribution is 6.29. The fourth-order valence-corrected chi connectivity index (χ4v) is 7.91. The normalized spacial score (nSPS) is 27.8. The lowest BCUT2D eigenvalue weighted by atomic mass is 9.78. The van der Waals surface area contributed by atoms with Crippen LogP contribution in [0.4, 0.5) is 5.69 Å². The Bertz CT molecular complexity index is 2010. The summed E-state index contributed by atoms with van der Waals surface area (Å²) in [6, 6.07) is 14.2. The Balaban J connectivity index is 1.46. The Morgan fingerprint density at radius 3 is 2.37 bits per heavy atom. The molecule has 3 fully saturated rings. The number of fused-ring (bicyclic) bond motifs is 3. The quantitative estimate of drug-likeness (QED) is 0.0612. The molecule has 304 valence electrons. The van der Waals surface area contributed by atoms with E-state index in [1.165, 1.54) is 18.2 Å². The number of nitrogens with zero attached hydrogens (tertiary/aromatic N) is 1. The average molecular weight is 792 g/mol. The first kappa shape index (κ1) is 40.3. The van der Waals surface area contributed by atoms with Crippen LogP contribution in [-0.4, -0.2) is 136 Å². The molecule has 18 nitrogen and oxygen atoms in total. The zero-order valence-corrected chi connectivity index (χ0v) is 30.6. The van der Waals surface area contributed by atoms with E-state index in [0.717, 1.165) is 0 Å². The van der Waals surface area contributed by atoms with Gasteiger partial charge in [0.1, 0.15) is 55.8 Å². The second-order valence-corrected chi connectivity index (χ2v) is 14.3. The van der Waals surface area contributed by atoms with E-state index in [4.69, 9.17) is 19.9 Å². The van der Waals surface area contributed by atoms with Crippen molar-refractivity contribution in [3.8, 4) is 11.5 Å². The number of aliphatic hydroxyl groups is 6. The average Bonchev–Trinajstić information content (AvgIpc) is 3.64. The molecule has 3 aromatic rings. The molecule has 0 spiro atoms. The number of nitrogens with two attached hydrogens (primary N) is 1. The zero-order chi connectivity index (χ0) is 40.5. The summed E-state index contributed by atoms with van der Waals surface area (Å²) in [6.45, 7) is -1.39. The number of aldehydes is 1. The molecule has 3 saturated heterocycles. The Morgan fingerprint density at radius 1 is 0.930 bits per heavy atom. The molecule has 10 unspecified atom stereocenters. The topological polar surface area (TPSA) is 283 Å². The highest BCUT2D eigenvalue weighted by atomic mass is 16.7. The van der Waals surface area contributed by atoms with Crippen molar-refractivity contribution in [3.63, 3.8) is 0 Å². The first-order valence-electron chi connectivity index (χ1n) is 18.6. The van der Waals surface area contributed by atoms with Gasteiger partial charge in [-0.1, -0.05) is 42.5 Å². The van der Waals surface area contributed by atoms with Gasteiger partial charge in [-0.2, -0.15) is 0 Å². The predicted molar refractivity (Wildman–Crippen MR) is 198 cm³/mol. The summed E-state index contributed by atoms with van der Waals surface area (Å²) >= 11 is 0. The van der Waals surface area contributed by atoms with Gasteiger partial charge in [-0.25, -0.2) is 0 Å². The number of ether oxygens (including phenoxy) is 3. The highest BCUT2D eigenvalue weighted by Gasteiger charge is 2.47. The van der Waals surface area contributed by atoms with Crippen LogP contribution in [0, 0.1) is 0 Å². The van der Waals surface area contributed by atoms with Crippen molar-refractivity contribution in [3.05, 3.63) is 88.0 Å². The summed E-state index contributed by atoms with van der Waals surface area (Å²) < 4.78 is 18.3. The van der Waals surface area contributed by atoms with E-state index < -0.39 is 86.0 Å². The van der Waals surface area contributed by atoms with Gasteiger partial charge in [0.15, 0.2) is 23.1 Å². The standard InChI is InChI=1S/C39H45N5O13/c40-39-42-36-28(37(54)43-39)41-17-44(36)25-10-4-3-6-20(25)19(9-5-12-45)23-14-24-27(30(50)22-8-2-1-7-21(22)29(24)49)35(55-16-18(48)11-13-46)34(23)57-38-33(53)32(52)31(51)26(15-47)56-38/h1-4,6-8,10,13-14,18-19,26,28,31-33,36,38-39,41-42,45,47-48,51-53H,5,9,11-12,15-17,40H2,(H,43,54). The van der Waals surface area contributed by atoms with Crippen molar-refractivity contribution < 1.29 is 64.0 Å². The number of benzene rings is 3. The predicted octanol–water partition coefficient (Wildman–Crippen LogP) is -2.10. The molecule has 0 aromatic heterocycles. The first-order valence-corrected chi connectivity index (χ1v) is 18.6. The van der Waals surface area contributed by atoms with E-state index in [-0.39, 0.29) is 77.8 Å². The molecule has 3 heterocycles. The Morgan fingerprint density at radius 2 is 1.65 bits per heavy atom. The number of hydrogen-bond acceptors (Lipinski definition) is 17. The van der Waals surface area contributed by atoms with Gasteiger partial charge in [0.05, 0.1) is 24.9 Å². The maximum atomic E-state index is 14.4. The van der Waals surface area contributed by atoms with E-state index in [2.05, 4.69) is 16.0 Å². The summed E-state index contributed by atoms with van der Waals surface area (Å²) in [5.74, 6) is -2.90. The maximum absolute atomic E-state index is 14.4. The van der Waals surface area contributed by atoms with Crippen LogP contribution in [0.15, 0.2) is 54.6 Å². The molecule has 0 bridgehead atoms. The number of aliphatic hydroxyl groups excluding tert-OH is 6. The van der Waals surface area contributed by atoms with Gasteiger partial charge in [0.2, 0.25) is 12.2 Å². The van der Waals surface area contributed by atoms with Crippen molar-refractivity contribution in [1.29, 1.82) is 0 Å². The van der Waals surface area contributed by atoms with Crippen molar-refractivity contribution in [1.82, 2.24) is 16.0 Å². The molecule has 3 aliphatic heterocycles. The van der Waals surface area contributed by atoms with E-state index >= 15 is 0 Å². The summed E-state index contributed by atoms with van der Waals surface area (Å²) in [5, 5.41) is 72.3. The van der Waals surface area contributed by atoms with Crippen molar-refractivity contribution in [2.45, 2.75) is 80.5 Å². The van der Waals surface area contributed by atoms with Crippen LogP contribution in [0.3, 0.4) is 0 Å². The molecule has 10 atom stereocenters. The Labute approximate surface area is 326 Å². The van der Waals surface area contributed by atoms with Gasteiger partial charge in [-0.3, -0.25) is 30.8 Å². The van der Waals surface area contributed by atoms with Crippen LogP contribution >= 0.6 is 0 Å². The van der Waals surface area contributed by atoms with Crippen molar-refractivity contribution in [2.75, 3.05) is 31.4 Å². The monoisotopic (exact) mass is 791 g/mol. The second kappa shape index (κ2) is 16.9. The van der Waals surface area contributed by atoms with Crippen LogP contribution in [0.25, 0.3) is 0 Å². The zero-order valence-electron chi connectivity index (χ0n) is 30.6. The van der Waals surface area contributed by atoms with E-state index in [1.807, 2.05) is 11.0 Å². The largest absolute Gasteiger partial charge is 0.486 e. The number of nitrogens with one attached hydrogen (secondary N) is 3. The Hall–Kier alpha value is -4.86. The van der Waals surface area contributed by atoms with Crippen molar-refractivity contribution >= 4 is 29.4 Å². The molecular weight excluding hydrogens is 746 g/mol. The fourth-order valence-electron chi connectivity index (χ4n) is 7.91. The SMILES string of the molecule is NC1NC(=O)C2NCN(c3ccccc3C(CCCO)c3cc4c(c(OCC(O)CC=O)c3OC3OC(CO)C(O)C(O)C3O)C(=O)c3ccccc3C4=O)C2N1. The molecule has 18 heteroatoms. The lowest BCUT2D eigenvalue weighted by molar-refractivity contribution is -0.277. The molecule has 1 amide bonds. The van der Waals surface area contributed by atoms with Gasteiger partial charge in [0.25, 0.3) is 0 Å². The third-order valence-electron chi connectivity index (χ3n) is 10.7. The lowest BCUT2D eigenvalue weighted by Gasteiger charge is -2.40. The van der Waals surface area contributed by atoms with Gasteiger partial charge >= 0.3 is 0 Å². The number of para-hydroxylation sites is 1. The van der Waals surface area contributed by atoms with Gasteiger partial charge in [0, 0.05) is 46.9 Å². The van der Waals surface area contributed by atoms with E-state index in [9.17, 15) is 49.8 Å². The van der Waals surface area contributed by atoms with E-state index in [1.54, 1.807) is 30.3 Å². The minimum absolute atomic E-state index is 0.0559. The van der Waals surface area contributed by atoms with Crippen LogP contribution in [0.2, 0.25) is 0 Å². The first-order chi connectivity index (χ1) is 27.5. The summed E-state index contributed by atoms with van der Waals surface area (Å²) in [6.07, 6.45) is -11.0. The number of rotatable bonds is 14. The summed E-state index contributed by atoms with van der Waals surface area (Å²) in [4.78, 5) is 54.9. The molecule has 4 aliphatic rings.